The van der Waals surface area contributed by atoms with E-state index in [1.807, 2.05) is 6.92 Å². The van der Waals surface area contributed by atoms with Crippen LogP contribution in [-0.4, -0.2) is 32.8 Å². The Balaban J connectivity index is 1.90. The van der Waals surface area contributed by atoms with E-state index >= 15 is 0 Å². The lowest BCUT2D eigenvalue weighted by Crippen LogP contribution is -2.26. The maximum atomic E-state index is 13.7. The quantitative estimate of drug-likeness (QED) is 0.713. The first kappa shape index (κ1) is 21.1. The maximum absolute atomic E-state index is 13.7. The molecule has 0 saturated heterocycles. The van der Waals surface area contributed by atoms with Crippen molar-refractivity contribution in [3.8, 4) is 0 Å². The van der Waals surface area contributed by atoms with Gasteiger partial charge in [-0.3, -0.25) is 4.79 Å². The van der Waals surface area contributed by atoms with Gasteiger partial charge in [0.15, 0.2) is 0 Å². The minimum absolute atomic E-state index is 0.0976. The second kappa shape index (κ2) is 9.62. The lowest BCUT2D eigenvalue weighted by atomic mass is 10.1. The summed E-state index contributed by atoms with van der Waals surface area (Å²) >= 11 is 0. The van der Waals surface area contributed by atoms with E-state index < -0.39 is 10.0 Å². The average molecular weight is 392 g/mol. The van der Waals surface area contributed by atoms with Crippen molar-refractivity contribution >= 4 is 15.9 Å². The summed E-state index contributed by atoms with van der Waals surface area (Å²) in [5.41, 5.74) is 1.35. The van der Waals surface area contributed by atoms with Crippen LogP contribution >= 0.6 is 0 Å². The Morgan fingerprint density at radius 1 is 1.11 bits per heavy atom. The van der Waals surface area contributed by atoms with E-state index in [9.17, 15) is 17.6 Å². The summed E-state index contributed by atoms with van der Waals surface area (Å²) in [7, 11) is -1.84. The van der Waals surface area contributed by atoms with Gasteiger partial charge >= 0.3 is 0 Å². The Bertz CT molecular complexity index is 867. The van der Waals surface area contributed by atoms with Gasteiger partial charge in [-0.05, 0) is 36.6 Å². The highest BCUT2D eigenvalue weighted by Gasteiger charge is 2.14. The van der Waals surface area contributed by atoms with Crippen LogP contribution in [0.5, 0.6) is 0 Å². The van der Waals surface area contributed by atoms with Crippen molar-refractivity contribution in [1.29, 1.82) is 0 Å². The van der Waals surface area contributed by atoms with Crippen molar-refractivity contribution in [2.24, 2.45) is 0 Å². The van der Waals surface area contributed by atoms with Crippen LogP contribution in [0.4, 0.5) is 4.39 Å². The SMILES string of the molecule is CCCNS(=O)(=O)c1ccc(CCC(=O)N(C)Cc2ccccc2F)cc1. The molecule has 0 aromatic heterocycles. The van der Waals surface area contributed by atoms with Crippen LogP contribution < -0.4 is 4.72 Å². The lowest BCUT2D eigenvalue weighted by molar-refractivity contribution is -0.130. The minimum atomic E-state index is -3.48. The Morgan fingerprint density at radius 3 is 2.41 bits per heavy atom. The molecule has 0 spiro atoms. The Morgan fingerprint density at radius 2 is 1.78 bits per heavy atom. The number of nitrogens with zero attached hydrogens (tertiary/aromatic N) is 1. The van der Waals surface area contributed by atoms with Crippen molar-refractivity contribution < 1.29 is 17.6 Å². The molecule has 0 bridgehead atoms. The molecule has 1 amide bonds. The number of amides is 1. The standard InChI is InChI=1S/C20H25FN2O3S/c1-3-14-22-27(25,26)18-11-8-16(9-12-18)10-13-20(24)23(2)15-17-6-4-5-7-19(17)21/h4-9,11-12,22H,3,10,13-15H2,1-2H3. The number of sulfonamides is 1. The average Bonchev–Trinajstić information content (AvgIpc) is 2.66. The van der Waals surface area contributed by atoms with Crippen molar-refractivity contribution in [1.82, 2.24) is 9.62 Å². The van der Waals surface area contributed by atoms with E-state index in [0.29, 0.717) is 18.5 Å². The summed E-state index contributed by atoms with van der Waals surface area (Å²) in [4.78, 5) is 14.0. The van der Waals surface area contributed by atoms with Gasteiger partial charge in [-0.2, -0.15) is 0 Å². The molecule has 2 aromatic rings. The zero-order valence-corrected chi connectivity index (χ0v) is 16.4. The predicted molar refractivity (Wildman–Crippen MR) is 103 cm³/mol. The molecule has 5 nitrogen and oxygen atoms in total. The summed E-state index contributed by atoms with van der Waals surface area (Å²) in [6.45, 7) is 2.50. The summed E-state index contributed by atoms with van der Waals surface area (Å²) in [6, 6.07) is 12.9. The predicted octanol–water partition coefficient (Wildman–Crippen LogP) is 3.11. The first-order valence-corrected chi connectivity index (χ1v) is 10.4. The largest absolute Gasteiger partial charge is 0.341 e. The summed E-state index contributed by atoms with van der Waals surface area (Å²) in [6.07, 6.45) is 1.48. The number of hydrogen-bond donors (Lipinski definition) is 1. The molecule has 7 heteroatoms. The van der Waals surface area contributed by atoms with Gasteiger partial charge in [-0.1, -0.05) is 37.3 Å². The number of benzene rings is 2. The van der Waals surface area contributed by atoms with Crippen LogP contribution in [0, 0.1) is 5.82 Å². The molecule has 0 unspecified atom stereocenters. The third-order valence-electron chi connectivity index (χ3n) is 4.19. The van der Waals surface area contributed by atoms with Crippen molar-refractivity contribution in [2.75, 3.05) is 13.6 Å². The van der Waals surface area contributed by atoms with E-state index in [4.69, 9.17) is 0 Å². The van der Waals surface area contributed by atoms with Gasteiger partial charge in [0, 0.05) is 32.1 Å². The first-order valence-electron chi connectivity index (χ1n) is 8.89. The summed E-state index contributed by atoms with van der Waals surface area (Å²) in [5, 5.41) is 0. The van der Waals surface area contributed by atoms with Crippen molar-refractivity contribution in [3.05, 3.63) is 65.5 Å². The molecule has 0 fully saturated rings. The molecule has 0 heterocycles. The Labute approximate surface area is 160 Å². The number of nitrogens with one attached hydrogen (secondary N) is 1. The lowest BCUT2D eigenvalue weighted by Gasteiger charge is -2.17. The third kappa shape index (κ3) is 6.15. The van der Waals surface area contributed by atoms with Gasteiger partial charge in [0.2, 0.25) is 15.9 Å². The zero-order valence-electron chi connectivity index (χ0n) is 15.6. The Hall–Kier alpha value is -2.25. The number of rotatable bonds is 9. The van der Waals surface area contributed by atoms with E-state index in [1.165, 1.54) is 11.0 Å². The molecule has 0 saturated carbocycles. The van der Waals surface area contributed by atoms with Crippen LogP contribution in [0.2, 0.25) is 0 Å². The van der Waals surface area contributed by atoms with Crippen LogP contribution in [0.1, 0.15) is 30.9 Å². The Kier molecular flexibility index (Phi) is 7.50. The normalized spacial score (nSPS) is 11.4. The molecule has 146 valence electrons. The molecule has 2 aromatic carbocycles. The number of hydrogen-bond acceptors (Lipinski definition) is 3. The third-order valence-corrected chi connectivity index (χ3v) is 5.67. The van der Waals surface area contributed by atoms with Gasteiger partial charge in [-0.25, -0.2) is 17.5 Å². The van der Waals surface area contributed by atoms with E-state index in [0.717, 1.165) is 12.0 Å². The number of carbonyl (C=O) groups is 1. The maximum Gasteiger partial charge on any atom is 0.240 e. The van der Waals surface area contributed by atoms with Gasteiger partial charge in [-0.15, -0.1) is 0 Å². The van der Waals surface area contributed by atoms with Crippen LogP contribution in [0.25, 0.3) is 0 Å². The topological polar surface area (TPSA) is 66.5 Å². The minimum Gasteiger partial charge on any atom is -0.341 e. The number of halogens is 1. The van der Waals surface area contributed by atoms with Gasteiger partial charge < -0.3 is 4.90 Å². The molecule has 1 N–H and O–H groups in total. The molecular formula is C20H25FN2O3S. The molecule has 0 aliphatic heterocycles. The summed E-state index contributed by atoms with van der Waals surface area (Å²) in [5.74, 6) is -0.426. The van der Waals surface area contributed by atoms with E-state index in [2.05, 4.69) is 4.72 Å². The number of aryl methyl sites for hydroxylation is 1. The van der Waals surface area contributed by atoms with Crippen LogP contribution in [0.15, 0.2) is 53.4 Å². The van der Waals surface area contributed by atoms with E-state index in [1.54, 1.807) is 49.5 Å². The second-order valence-electron chi connectivity index (χ2n) is 6.38. The highest BCUT2D eigenvalue weighted by molar-refractivity contribution is 7.89. The van der Waals surface area contributed by atoms with Crippen molar-refractivity contribution in [2.45, 2.75) is 37.6 Å². The van der Waals surface area contributed by atoms with Gasteiger partial charge in [0.05, 0.1) is 4.90 Å². The highest BCUT2D eigenvalue weighted by Crippen LogP contribution is 2.14. The first-order chi connectivity index (χ1) is 12.8. The van der Waals surface area contributed by atoms with Gasteiger partial charge in [0.25, 0.3) is 0 Å². The fourth-order valence-electron chi connectivity index (χ4n) is 2.57. The van der Waals surface area contributed by atoms with Crippen molar-refractivity contribution in [3.63, 3.8) is 0 Å². The van der Waals surface area contributed by atoms with E-state index in [-0.39, 0.29) is 29.6 Å². The van der Waals surface area contributed by atoms with Crippen LogP contribution in [0.3, 0.4) is 0 Å². The summed E-state index contributed by atoms with van der Waals surface area (Å²) < 4.78 is 40.3. The molecule has 27 heavy (non-hydrogen) atoms. The molecule has 0 atom stereocenters. The molecule has 0 radical (unpaired) electrons. The second-order valence-corrected chi connectivity index (χ2v) is 8.15. The zero-order chi connectivity index (χ0) is 19.9. The molecular weight excluding hydrogens is 367 g/mol. The highest BCUT2D eigenvalue weighted by atomic mass is 32.2. The molecule has 2 rings (SSSR count). The molecule has 0 aliphatic rings. The fraction of sp³-hybridized carbons (Fsp3) is 0.350. The number of carbonyl (C=O) groups excluding carboxylic acids is 1. The van der Waals surface area contributed by atoms with Gasteiger partial charge in [0.1, 0.15) is 5.82 Å². The smallest absolute Gasteiger partial charge is 0.240 e. The van der Waals surface area contributed by atoms with Crippen LogP contribution in [-0.2, 0) is 27.8 Å². The monoisotopic (exact) mass is 392 g/mol. The fourth-order valence-corrected chi connectivity index (χ4v) is 3.70. The molecule has 0 aliphatic carbocycles.